The highest BCUT2D eigenvalue weighted by molar-refractivity contribution is 7.91. The fraction of sp³-hybridized carbons (Fsp3) is 0.316. The second-order valence-corrected chi connectivity index (χ2v) is 10.2. The SMILES string of the molecule is COc1ccccc1N1C(=S)N(Cc2ccc(Cl)c(Cl)c2)[C@H]2CS(=O)(=O)C[C@H]21. The molecule has 0 amide bonds. The van der Waals surface area contributed by atoms with Crippen LogP contribution in [0.3, 0.4) is 0 Å². The van der Waals surface area contributed by atoms with Crippen LogP contribution in [0.25, 0.3) is 0 Å². The molecule has 0 unspecified atom stereocenters. The van der Waals surface area contributed by atoms with Crippen LogP contribution in [0.5, 0.6) is 5.75 Å². The molecule has 0 spiro atoms. The van der Waals surface area contributed by atoms with Crippen LogP contribution in [-0.4, -0.2) is 49.1 Å². The number of benzene rings is 2. The fourth-order valence-corrected chi connectivity index (χ4v) is 6.61. The second-order valence-electron chi connectivity index (χ2n) is 6.91. The Morgan fingerprint density at radius 3 is 2.54 bits per heavy atom. The number of sulfone groups is 1. The molecule has 0 aromatic heterocycles. The summed E-state index contributed by atoms with van der Waals surface area (Å²) in [7, 11) is -1.57. The Kier molecular flexibility index (Phi) is 5.20. The molecular formula is C19H18Cl2N2O3S2. The molecule has 0 aliphatic carbocycles. The lowest BCUT2D eigenvalue weighted by atomic mass is 10.1. The molecule has 0 bridgehead atoms. The third-order valence-corrected chi connectivity index (χ3v) is 8.03. The van der Waals surface area contributed by atoms with E-state index in [2.05, 4.69) is 0 Å². The molecule has 5 nitrogen and oxygen atoms in total. The number of anilines is 1. The van der Waals surface area contributed by atoms with E-state index in [0.717, 1.165) is 11.3 Å². The number of hydrogen-bond donors (Lipinski definition) is 0. The van der Waals surface area contributed by atoms with Gasteiger partial charge in [-0.25, -0.2) is 8.42 Å². The Hall–Kier alpha value is -1.54. The smallest absolute Gasteiger partial charge is 0.177 e. The summed E-state index contributed by atoms with van der Waals surface area (Å²) in [5.74, 6) is 0.794. The molecule has 28 heavy (non-hydrogen) atoms. The average molecular weight is 457 g/mol. The number of hydrogen-bond acceptors (Lipinski definition) is 4. The predicted octanol–water partition coefficient (Wildman–Crippen LogP) is 3.77. The number of halogens is 2. The van der Waals surface area contributed by atoms with Crippen molar-refractivity contribution >= 4 is 56.1 Å². The van der Waals surface area contributed by atoms with Crippen LogP contribution in [0.2, 0.25) is 10.0 Å². The molecule has 2 saturated heterocycles. The maximum absolute atomic E-state index is 12.4. The minimum Gasteiger partial charge on any atom is -0.495 e. The first-order chi connectivity index (χ1) is 13.3. The molecule has 0 N–H and O–H groups in total. The standard InChI is InChI=1S/C19H18Cl2N2O3S2/c1-26-18-5-3-2-4-15(18)23-17-11-28(24,25)10-16(17)22(19(23)27)9-12-6-7-13(20)14(21)8-12/h2-8,16-17H,9-11H2,1H3/t16-,17+/m0/s1. The van der Waals surface area contributed by atoms with Crippen LogP contribution in [0.1, 0.15) is 5.56 Å². The minimum absolute atomic E-state index is 0.0632. The lowest BCUT2D eigenvalue weighted by Gasteiger charge is -2.27. The van der Waals surface area contributed by atoms with Crippen molar-refractivity contribution in [1.29, 1.82) is 0 Å². The number of nitrogens with zero attached hydrogens (tertiary/aromatic N) is 2. The van der Waals surface area contributed by atoms with Crippen molar-refractivity contribution in [2.24, 2.45) is 0 Å². The summed E-state index contributed by atoms with van der Waals surface area (Å²) in [6.07, 6.45) is 0. The Labute approximate surface area is 179 Å². The van der Waals surface area contributed by atoms with Gasteiger partial charge in [-0.1, -0.05) is 41.4 Å². The molecule has 9 heteroatoms. The summed E-state index contributed by atoms with van der Waals surface area (Å²) in [5.41, 5.74) is 1.69. The molecule has 2 heterocycles. The van der Waals surface area contributed by atoms with Crippen molar-refractivity contribution in [3.63, 3.8) is 0 Å². The molecule has 2 atom stereocenters. The largest absolute Gasteiger partial charge is 0.495 e. The van der Waals surface area contributed by atoms with Gasteiger partial charge < -0.3 is 14.5 Å². The van der Waals surface area contributed by atoms with E-state index >= 15 is 0 Å². The van der Waals surface area contributed by atoms with E-state index in [1.54, 1.807) is 19.2 Å². The molecule has 2 aromatic carbocycles. The molecular weight excluding hydrogens is 439 g/mol. The highest BCUT2D eigenvalue weighted by Gasteiger charge is 2.52. The lowest BCUT2D eigenvalue weighted by molar-refractivity contribution is 0.350. The summed E-state index contributed by atoms with van der Waals surface area (Å²) < 4.78 is 30.3. The van der Waals surface area contributed by atoms with Crippen molar-refractivity contribution in [2.75, 3.05) is 23.5 Å². The number of fused-ring (bicyclic) bond motifs is 1. The van der Waals surface area contributed by atoms with Crippen LogP contribution in [0, 0.1) is 0 Å². The molecule has 4 rings (SSSR count). The van der Waals surface area contributed by atoms with Gasteiger partial charge >= 0.3 is 0 Å². The van der Waals surface area contributed by atoms with Gasteiger partial charge in [0.2, 0.25) is 0 Å². The Bertz CT molecular complexity index is 1050. The van der Waals surface area contributed by atoms with Gasteiger partial charge in [0.25, 0.3) is 0 Å². The molecule has 0 radical (unpaired) electrons. The van der Waals surface area contributed by atoms with E-state index in [-0.39, 0.29) is 23.6 Å². The van der Waals surface area contributed by atoms with Gasteiger partial charge in [-0.2, -0.15) is 0 Å². The van der Waals surface area contributed by atoms with Gasteiger partial charge in [-0.3, -0.25) is 0 Å². The highest BCUT2D eigenvalue weighted by atomic mass is 35.5. The van der Waals surface area contributed by atoms with Crippen molar-refractivity contribution in [3.8, 4) is 5.75 Å². The van der Waals surface area contributed by atoms with Crippen LogP contribution >= 0.6 is 35.4 Å². The van der Waals surface area contributed by atoms with Crippen molar-refractivity contribution in [3.05, 3.63) is 58.1 Å². The molecule has 2 fully saturated rings. The predicted molar refractivity (Wildman–Crippen MR) is 116 cm³/mol. The summed E-state index contributed by atoms with van der Waals surface area (Å²) in [6, 6.07) is 12.4. The van der Waals surface area contributed by atoms with Gasteiger partial charge in [0.1, 0.15) is 5.75 Å². The first-order valence-electron chi connectivity index (χ1n) is 8.68. The molecule has 2 aliphatic rings. The van der Waals surface area contributed by atoms with Gasteiger partial charge in [0.05, 0.1) is 46.4 Å². The van der Waals surface area contributed by atoms with Crippen molar-refractivity contribution in [1.82, 2.24) is 4.90 Å². The van der Waals surface area contributed by atoms with E-state index in [1.807, 2.05) is 40.1 Å². The number of rotatable bonds is 4. The lowest BCUT2D eigenvalue weighted by Crippen LogP contribution is -2.37. The summed E-state index contributed by atoms with van der Waals surface area (Å²) in [5, 5.41) is 1.52. The second kappa shape index (κ2) is 7.37. The zero-order chi connectivity index (χ0) is 20.1. The van der Waals surface area contributed by atoms with Gasteiger partial charge in [0, 0.05) is 6.54 Å². The number of methoxy groups -OCH3 is 1. The van der Waals surface area contributed by atoms with E-state index in [1.165, 1.54) is 0 Å². The monoisotopic (exact) mass is 456 g/mol. The Balaban J connectivity index is 1.73. The van der Waals surface area contributed by atoms with Crippen LogP contribution in [0.4, 0.5) is 5.69 Å². The maximum Gasteiger partial charge on any atom is 0.177 e. The van der Waals surface area contributed by atoms with Gasteiger partial charge in [-0.05, 0) is 42.0 Å². The highest BCUT2D eigenvalue weighted by Crippen LogP contribution is 2.40. The molecule has 2 aliphatic heterocycles. The fourth-order valence-electron chi connectivity index (χ4n) is 3.91. The quantitative estimate of drug-likeness (QED) is 0.652. The van der Waals surface area contributed by atoms with Crippen molar-refractivity contribution < 1.29 is 13.2 Å². The number of para-hydroxylation sites is 2. The topological polar surface area (TPSA) is 49.9 Å². The molecule has 2 aromatic rings. The van der Waals surface area contributed by atoms with E-state index < -0.39 is 9.84 Å². The normalized spacial score (nSPS) is 23.2. The number of thiocarbonyl (C=S) groups is 1. The van der Waals surface area contributed by atoms with Gasteiger partial charge in [0.15, 0.2) is 14.9 Å². The first kappa shape index (κ1) is 19.8. The maximum atomic E-state index is 12.4. The van der Waals surface area contributed by atoms with Gasteiger partial charge in [-0.15, -0.1) is 0 Å². The number of ether oxygens (including phenoxy) is 1. The third-order valence-electron chi connectivity index (χ3n) is 5.16. The van der Waals surface area contributed by atoms with Crippen LogP contribution in [0.15, 0.2) is 42.5 Å². The van der Waals surface area contributed by atoms with E-state index in [9.17, 15) is 8.42 Å². The van der Waals surface area contributed by atoms with E-state index in [0.29, 0.717) is 27.5 Å². The van der Waals surface area contributed by atoms with Crippen LogP contribution in [-0.2, 0) is 16.4 Å². The Morgan fingerprint density at radius 1 is 1.11 bits per heavy atom. The summed E-state index contributed by atoms with van der Waals surface area (Å²) in [4.78, 5) is 3.89. The van der Waals surface area contributed by atoms with Crippen LogP contribution < -0.4 is 9.64 Å². The molecule has 0 saturated carbocycles. The summed E-state index contributed by atoms with van der Waals surface area (Å²) in [6.45, 7) is 0.456. The third kappa shape index (κ3) is 3.45. The summed E-state index contributed by atoms with van der Waals surface area (Å²) >= 11 is 17.9. The minimum atomic E-state index is -3.16. The van der Waals surface area contributed by atoms with E-state index in [4.69, 9.17) is 40.2 Å². The zero-order valence-corrected chi connectivity index (χ0v) is 18.2. The zero-order valence-electron chi connectivity index (χ0n) is 15.0. The Morgan fingerprint density at radius 2 is 1.82 bits per heavy atom. The first-order valence-corrected chi connectivity index (χ1v) is 11.7. The van der Waals surface area contributed by atoms with Crippen molar-refractivity contribution in [2.45, 2.75) is 18.6 Å². The molecule has 148 valence electrons. The average Bonchev–Trinajstić information content (AvgIpc) is 3.09.